The van der Waals surface area contributed by atoms with Gasteiger partial charge in [-0.1, -0.05) is 30.3 Å². The van der Waals surface area contributed by atoms with Gasteiger partial charge in [0.05, 0.1) is 6.61 Å². The van der Waals surface area contributed by atoms with E-state index in [9.17, 15) is 4.79 Å². The van der Waals surface area contributed by atoms with Crippen molar-refractivity contribution in [2.75, 3.05) is 6.61 Å². The molecule has 0 aliphatic rings. The number of carbonyl (C=O) groups is 1. The van der Waals surface area contributed by atoms with Crippen LogP contribution in [0.3, 0.4) is 0 Å². The maximum atomic E-state index is 12.3. The van der Waals surface area contributed by atoms with Gasteiger partial charge in [-0.05, 0) is 32.8 Å². The Morgan fingerprint density at radius 2 is 2.00 bits per heavy atom. The number of rotatable bonds is 6. The minimum absolute atomic E-state index is 0.197. The summed E-state index contributed by atoms with van der Waals surface area (Å²) < 4.78 is 7.14. The molecule has 0 fully saturated rings. The first kappa shape index (κ1) is 15.2. The molecule has 0 bridgehead atoms. The van der Waals surface area contributed by atoms with Crippen molar-refractivity contribution >= 4 is 5.97 Å². The molecule has 21 heavy (non-hydrogen) atoms. The Labute approximate surface area is 125 Å². The molecule has 0 aliphatic heterocycles. The fourth-order valence-electron chi connectivity index (χ4n) is 2.27. The summed E-state index contributed by atoms with van der Waals surface area (Å²) in [4.78, 5) is 12.3. The van der Waals surface area contributed by atoms with E-state index in [0.29, 0.717) is 18.9 Å². The number of esters is 1. The van der Waals surface area contributed by atoms with Crippen molar-refractivity contribution < 1.29 is 9.53 Å². The maximum absolute atomic E-state index is 12.3. The monoisotopic (exact) mass is 287 g/mol. The van der Waals surface area contributed by atoms with E-state index in [2.05, 4.69) is 10.2 Å². The summed E-state index contributed by atoms with van der Waals surface area (Å²) in [5, 5.41) is 8.10. The molecule has 0 radical (unpaired) electrons. The van der Waals surface area contributed by atoms with Crippen LogP contribution in [0.5, 0.6) is 0 Å². The van der Waals surface area contributed by atoms with Gasteiger partial charge in [-0.15, -0.1) is 10.2 Å². The molecule has 0 saturated carbocycles. The normalized spacial score (nSPS) is 12.4. The predicted molar refractivity (Wildman–Crippen MR) is 79.9 cm³/mol. The smallest absolute Gasteiger partial charge is 0.317 e. The lowest BCUT2D eigenvalue weighted by molar-refractivity contribution is -0.145. The van der Waals surface area contributed by atoms with Crippen LogP contribution in [0.25, 0.3) is 0 Å². The number of hydrogen-bond donors (Lipinski definition) is 0. The SMILES string of the molecule is CCOC(=O)C(Cc1ccccc1)c1nncn1C(C)C. The zero-order valence-corrected chi connectivity index (χ0v) is 12.7. The molecule has 2 aromatic rings. The van der Waals surface area contributed by atoms with Crippen LogP contribution in [0.15, 0.2) is 36.7 Å². The van der Waals surface area contributed by atoms with E-state index in [1.807, 2.05) is 55.7 Å². The maximum Gasteiger partial charge on any atom is 0.317 e. The third kappa shape index (κ3) is 3.68. The van der Waals surface area contributed by atoms with Crippen molar-refractivity contribution in [1.82, 2.24) is 14.8 Å². The van der Waals surface area contributed by atoms with Crippen molar-refractivity contribution in [2.24, 2.45) is 0 Å². The Kier molecular flexibility index (Phi) is 5.09. The first-order chi connectivity index (χ1) is 10.1. The van der Waals surface area contributed by atoms with Gasteiger partial charge in [0.25, 0.3) is 0 Å². The van der Waals surface area contributed by atoms with E-state index >= 15 is 0 Å². The second-order valence-corrected chi connectivity index (χ2v) is 5.18. The predicted octanol–water partition coefficient (Wildman–Crippen LogP) is 2.75. The number of nitrogens with zero attached hydrogens (tertiary/aromatic N) is 3. The highest BCUT2D eigenvalue weighted by molar-refractivity contribution is 5.77. The molecule has 1 aromatic heterocycles. The highest BCUT2D eigenvalue weighted by atomic mass is 16.5. The van der Waals surface area contributed by atoms with Gasteiger partial charge in [-0.3, -0.25) is 4.79 Å². The fourth-order valence-corrected chi connectivity index (χ4v) is 2.27. The minimum atomic E-state index is -0.433. The van der Waals surface area contributed by atoms with Crippen molar-refractivity contribution in [3.05, 3.63) is 48.0 Å². The summed E-state index contributed by atoms with van der Waals surface area (Å²) >= 11 is 0. The summed E-state index contributed by atoms with van der Waals surface area (Å²) in [6.07, 6.45) is 2.22. The first-order valence-electron chi connectivity index (χ1n) is 7.23. The molecule has 2 rings (SSSR count). The van der Waals surface area contributed by atoms with Crippen LogP contribution >= 0.6 is 0 Å². The van der Waals surface area contributed by atoms with E-state index in [-0.39, 0.29) is 12.0 Å². The molecule has 0 N–H and O–H groups in total. The van der Waals surface area contributed by atoms with Crippen LogP contribution in [-0.4, -0.2) is 27.3 Å². The van der Waals surface area contributed by atoms with Crippen molar-refractivity contribution in [1.29, 1.82) is 0 Å². The molecule has 0 saturated heterocycles. The van der Waals surface area contributed by atoms with Crippen molar-refractivity contribution in [2.45, 2.75) is 39.2 Å². The molecule has 1 heterocycles. The molecular formula is C16H21N3O2. The Morgan fingerprint density at radius 3 is 2.62 bits per heavy atom. The van der Waals surface area contributed by atoms with Gasteiger partial charge in [0.2, 0.25) is 0 Å². The number of ether oxygens (including phenoxy) is 1. The van der Waals surface area contributed by atoms with Crippen LogP contribution in [0.2, 0.25) is 0 Å². The fraction of sp³-hybridized carbons (Fsp3) is 0.438. The van der Waals surface area contributed by atoms with Crippen LogP contribution in [0, 0.1) is 0 Å². The molecule has 0 amide bonds. The molecule has 5 heteroatoms. The first-order valence-corrected chi connectivity index (χ1v) is 7.23. The largest absolute Gasteiger partial charge is 0.465 e. The topological polar surface area (TPSA) is 57.0 Å². The summed E-state index contributed by atoms with van der Waals surface area (Å²) in [5.41, 5.74) is 1.08. The zero-order chi connectivity index (χ0) is 15.2. The lowest BCUT2D eigenvalue weighted by atomic mass is 9.98. The van der Waals surface area contributed by atoms with Crippen LogP contribution < -0.4 is 0 Å². The molecule has 5 nitrogen and oxygen atoms in total. The van der Waals surface area contributed by atoms with E-state index in [0.717, 1.165) is 5.56 Å². The Bertz CT molecular complexity index is 578. The van der Waals surface area contributed by atoms with Gasteiger partial charge in [0.15, 0.2) is 0 Å². The average molecular weight is 287 g/mol. The Hall–Kier alpha value is -2.17. The Morgan fingerprint density at radius 1 is 1.29 bits per heavy atom. The molecule has 1 atom stereocenters. The second-order valence-electron chi connectivity index (χ2n) is 5.18. The van der Waals surface area contributed by atoms with Gasteiger partial charge in [-0.2, -0.15) is 0 Å². The second kappa shape index (κ2) is 7.02. The highest BCUT2D eigenvalue weighted by Gasteiger charge is 2.28. The van der Waals surface area contributed by atoms with Gasteiger partial charge in [0, 0.05) is 6.04 Å². The van der Waals surface area contributed by atoms with Crippen LogP contribution in [-0.2, 0) is 16.0 Å². The van der Waals surface area contributed by atoms with Crippen LogP contribution in [0.1, 0.15) is 44.1 Å². The summed E-state index contributed by atoms with van der Waals surface area (Å²) in [7, 11) is 0. The number of benzene rings is 1. The van der Waals surface area contributed by atoms with Gasteiger partial charge in [-0.25, -0.2) is 0 Å². The molecule has 112 valence electrons. The van der Waals surface area contributed by atoms with Crippen molar-refractivity contribution in [3.8, 4) is 0 Å². The molecule has 1 aromatic carbocycles. The summed E-state index contributed by atoms with van der Waals surface area (Å²) in [5.74, 6) is -0.0270. The number of aromatic nitrogens is 3. The van der Waals surface area contributed by atoms with Crippen molar-refractivity contribution in [3.63, 3.8) is 0 Å². The van der Waals surface area contributed by atoms with Gasteiger partial charge < -0.3 is 9.30 Å². The standard InChI is InChI=1S/C16H21N3O2/c1-4-21-16(20)14(10-13-8-6-5-7-9-13)15-18-17-11-19(15)12(2)3/h5-9,11-12,14H,4,10H2,1-3H3. The lowest BCUT2D eigenvalue weighted by Gasteiger charge is -2.18. The van der Waals surface area contributed by atoms with Gasteiger partial charge in [0.1, 0.15) is 18.1 Å². The summed E-state index contributed by atoms with van der Waals surface area (Å²) in [6, 6.07) is 10.1. The van der Waals surface area contributed by atoms with E-state index < -0.39 is 5.92 Å². The average Bonchev–Trinajstić information content (AvgIpc) is 2.95. The number of hydrogen-bond acceptors (Lipinski definition) is 4. The lowest BCUT2D eigenvalue weighted by Crippen LogP contribution is -2.22. The van der Waals surface area contributed by atoms with E-state index in [4.69, 9.17) is 4.74 Å². The third-order valence-corrected chi connectivity index (χ3v) is 3.32. The van der Waals surface area contributed by atoms with E-state index in [1.165, 1.54) is 0 Å². The summed E-state index contributed by atoms with van der Waals surface area (Å²) in [6.45, 7) is 6.25. The molecular weight excluding hydrogens is 266 g/mol. The minimum Gasteiger partial charge on any atom is -0.465 e. The quantitative estimate of drug-likeness (QED) is 0.767. The highest BCUT2D eigenvalue weighted by Crippen LogP contribution is 2.23. The third-order valence-electron chi connectivity index (χ3n) is 3.32. The van der Waals surface area contributed by atoms with Gasteiger partial charge >= 0.3 is 5.97 Å². The molecule has 0 aliphatic carbocycles. The number of carbonyl (C=O) groups excluding carboxylic acids is 1. The Balaban J connectivity index is 2.32. The van der Waals surface area contributed by atoms with E-state index in [1.54, 1.807) is 6.33 Å². The molecule has 1 unspecified atom stereocenters. The molecule has 0 spiro atoms. The zero-order valence-electron chi connectivity index (χ0n) is 12.7. The van der Waals surface area contributed by atoms with Crippen LogP contribution in [0.4, 0.5) is 0 Å².